The van der Waals surface area contributed by atoms with Gasteiger partial charge in [-0.25, -0.2) is 9.50 Å². The summed E-state index contributed by atoms with van der Waals surface area (Å²) in [5.74, 6) is -0.862. The minimum atomic E-state index is -0.454. The van der Waals surface area contributed by atoms with Crippen molar-refractivity contribution in [3.05, 3.63) is 71.0 Å². The molecule has 0 saturated carbocycles. The first-order valence-corrected chi connectivity index (χ1v) is 11.2. The Morgan fingerprint density at radius 1 is 1.03 bits per heavy atom. The van der Waals surface area contributed by atoms with Gasteiger partial charge in [0.2, 0.25) is 5.91 Å². The Kier molecular flexibility index (Phi) is 6.67. The van der Waals surface area contributed by atoms with Gasteiger partial charge in [0.25, 0.3) is 0 Å². The maximum atomic E-state index is 12.4. The second kappa shape index (κ2) is 9.82. The van der Waals surface area contributed by atoms with Crippen molar-refractivity contribution in [3.63, 3.8) is 0 Å². The number of amides is 1. The molecule has 1 N–H and O–H groups in total. The highest BCUT2D eigenvalue weighted by Crippen LogP contribution is 2.23. The average molecular weight is 459 g/mol. The molecule has 2 heterocycles. The van der Waals surface area contributed by atoms with Crippen LogP contribution in [0.3, 0.4) is 0 Å². The van der Waals surface area contributed by atoms with Gasteiger partial charge in [-0.05, 0) is 62.2 Å². The molecule has 174 valence electrons. The van der Waals surface area contributed by atoms with Crippen molar-refractivity contribution in [2.45, 2.75) is 40.0 Å². The summed E-state index contributed by atoms with van der Waals surface area (Å²) in [5.41, 5.74) is 5.40. The van der Waals surface area contributed by atoms with Crippen LogP contribution in [0.5, 0.6) is 0 Å². The third-order valence-corrected chi connectivity index (χ3v) is 5.77. The Morgan fingerprint density at radius 2 is 1.76 bits per heavy atom. The molecule has 0 bridgehead atoms. The molecule has 0 saturated heterocycles. The van der Waals surface area contributed by atoms with Crippen LogP contribution in [-0.4, -0.2) is 38.9 Å². The summed E-state index contributed by atoms with van der Waals surface area (Å²) < 4.78 is 7.02. The van der Waals surface area contributed by atoms with E-state index in [0.29, 0.717) is 24.1 Å². The second-order valence-electron chi connectivity index (χ2n) is 8.08. The number of nitrogens with zero attached hydrogens (tertiary/aromatic N) is 3. The average Bonchev–Trinajstić information content (AvgIpc) is 3.21. The van der Waals surface area contributed by atoms with E-state index in [2.05, 4.69) is 10.4 Å². The Hall–Kier alpha value is -4.07. The Bertz CT molecular complexity index is 1390. The lowest BCUT2D eigenvalue weighted by molar-refractivity contribution is -0.142. The molecular weight excluding hydrogens is 432 g/mol. The summed E-state index contributed by atoms with van der Waals surface area (Å²) in [6.45, 7) is 5.31. The number of hydrogen-bond acceptors (Lipinski definition) is 6. The highest BCUT2D eigenvalue weighted by atomic mass is 16.5. The molecule has 2 aromatic heterocycles. The molecule has 2 aromatic carbocycles. The molecule has 0 aliphatic carbocycles. The standard InChI is InChI=1S/C26H26N4O4/c1-4-24(32)28-19-11-9-18(10-12-19)23(31)15-34-25(33)14-13-20-16(2)27-26-21-7-5-6-8-22(21)29-30(26)17(20)3/h5-12H,4,13-15H2,1-3H3,(H,28,32). The van der Waals surface area contributed by atoms with Crippen LogP contribution < -0.4 is 5.32 Å². The number of Topliss-reactive ketones (excluding diaryl/α,β-unsaturated/α-hetero) is 1. The van der Waals surface area contributed by atoms with Crippen molar-refractivity contribution >= 4 is 39.9 Å². The van der Waals surface area contributed by atoms with Crippen LogP contribution in [0.15, 0.2) is 48.5 Å². The zero-order valence-electron chi connectivity index (χ0n) is 19.4. The number of ketones is 1. The Labute approximate surface area is 196 Å². The Balaban J connectivity index is 1.36. The van der Waals surface area contributed by atoms with Crippen molar-refractivity contribution < 1.29 is 19.1 Å². The van der Waals surface area contributed by atoms with Gasteiger partial charge in [0.15, 0.2) is 18.0 Å². The van der Waals surface area contributed by atoms with Crippen molar-refractivity contribution in [3.8, 4) is 0 Å². The number of esters is 1. The number of hydrogen-bond donors (Lipinski definition) is 1. The van der Waals surface area contributed by atoms with E-state index in [1.54, 1.807) is 31.2 Å². The van der Waals surface area contributed by atoms with E-state index < -0.39 is 5.97 Å². The normalized spacial score (nSPS) is 11.0. The van der Waals surface area contributed by atoms with E-state index in [0.717, 1.165) is 33.5 Å². The lowest BCUT2D eigenvalue weighted by atomic mass is 10.1. The third kappa shape index (κ3) is 4.80. The van der Waals surface area contributed by atoms with E-state index >= 15 is 0 Å². The van der Waals surface area contributed by atoms with Gasteiger partial charge in [0, 0.05) is 40.9 Å². The zero-order valence-corrected chi connectivity index (χ0v) is 19.4. The maximum Gasteiger partial charge on any atom is 0.306 e. The minimum Gasteiger partial charge on any atom is -0.457 e. The highest BCUT2D eigenvalue weighted by molar-refractivity contribution is 5.99. The topological polar surface area (TPSA) is 103 Å². The molecule has 0 unspecified atom stereocenters. The number of aryl methyl sites for hydroxylation is 2. The summed E-state index contributed by atoms with van der Waals surface area (Å²) in [5, 5.41) is 8.34. The summed E-state index contributed by atoms with van der Waals surface area (Å²) >= 11 is 0. The van der Waals surface area contributed by atoms with E-state index in [1.165, 1.54) is 0 Å². The lowest BCUT2D eigenvalue weighted by Gasteiger charge is -2.11. The molecule has 8 nitrogen and oxygen atoms in total. The molecule has 0 aliphatic rings. The van der Waals surface area contributed by atoms with Gasteiger partial charge in [0.1, 0.15) is 0 Å². The maximum absolute atomic E-state index is 12.4. The molecule has 4 aromatic rings. The predicted octanol–water partition coefficient (Wildman–Crippen LogP) is 4.21. The van der Waals surface area contributed by atoms with E-state index in [1.807, 2.05) is 42.6 Å². The van der Waals surface area contributed by atoms with Crippen molar-refractivity contribution in [2.75, 3.05) is 11.9 Å². The monoisotopic (exact) mass is 458 g/mol. The van der Waals surface area contributed by atoms with Gasteiger partial charge < -0.3 is 10.1 Å². The fourth-order valence-electron chi connectivity index (χ4n) is 3.86. The van der Waals surface area contributed by atoms with E-state index in [4.69, 9.17) is 9.72 Å². The first kappa shape index (κ1) is 23.1. The van der Waals surface area contributed by atoms with Crippen LogP contribution in [-0.2, 0) is 20.7 Å². The summed E-state index contributed by atoms with van der Waals surface area (Å²) in [4.78, 5) is 40.8. The molecule has 1 amide bonds. The molecule has 0 spiro atoms. The third-order valence-electron chi connectivity index (χ3n) is 5.77. The molecule has 0 fully saturated rings. The number of nitrogens with one attached hydrogen (secondary N) is 1. The number of aromatic nitrogens is 3. The fourth-order valence-corrected chi connectivity index (χ4v) is 3.86. The zero-order chi connectivity index (χ0) is 24.2. The van der Waals surface area contributed by atoms with Gasteiger partial charge in [-0.1, -0.05) is 19.1 Å². The van der Waals surface area contributed by atoms with E-state index in [-0.39, 0.29) is 24.7 Å². The number of carbonyl (C=O) groups is 3. The fraction of sp³-hybridized carbons (Fsp3) is 0.269. The highest BCUT2D eigenvalue weighted by Gasteiger charge is 2.16. The van der Waals surface area contributed by atoms with E-state index in [9.17, 15) is 14.4 Å². The van der Waals surface area contributed by atoms with Crippen LogP contribution in [0.2, 0.25) is 0 Å². The molecule has 34 heavy (non-hydrogen) atoms. The van der Waals surface area contributed by atoms with Gasteiger partial charge in [-0.3, -0.25) is 14.4 Å². The van der Waals surface area contributed by atoms with Crippen LogP contribution >= 0.6 is 0 Å². The van der Waals surface area contributed by atoms with Crippen LogP contribution in [0.4, 0.5) is 5.69 Å². The lowest BCUT2D eigenvalue weighted by Crippen LogP contribution is -2.15. The SMILES string of the molecule is CCC(=O)Nc1ccc(C(=O)COC(=O)CCc2c(C)nc3c4ccccc4nn3c2C)cc1. The molecule has 0 atom stereocenters. The predicted molar refractivity (Wildman–Crippen MR) is 129 cm³/mol. The molecule has 0 radical (unpaired) electrons. The summed E-state index contributed by atoms with van der Waals surface area (Å²) in [7, 11) is 0. The van der Waals surface area contributed by atoms with Crippen LogP contribution in [0.25, 0.3) is 16.6 Å². The largest absolute Gasteiger partial charge is 0.457 e. The second-order valence-corrected chi connectivity index (χ2v) is 8.08. The first-order chi connectivity index (χ1) is 16.4. The van der Waals surface area contributed by atoms with Gasteiger partial charge >= 0.3 is 5.97 Å². The summed E-state index contributed by atoms with van der Waals surface area (Å²) in [6.07, 6.45) is 0.943. The van der Waals surface area contributed by atoms with Crippen LogP contribution in [0, 0.1) is 13.8 Å². The number of rotatable bonds is 8. The summed E-state index contributed by atoms with van der Waals surface area (Å²) in [6, 6.07) is 14.3. The molecule has 8 heteroatoms. The number of benzene rings is 2. The Morgan fingerprint density at radius 3 is 2.50 bits per heavy atom. The van der Waals surface area contributed by atoms with Gasteiger partial charge in [0.05, 0.1) is 5.52 Å². The molecule has 0 aliphatic heterocycles. The van der Waals surface area contributed by atoms with Crippen molar-refractivity contribution in [2.24, 2.45) is 0 Å². The van der Waals surface area contributed by atoms with Gasteiger partial charge in [-0.15, -0.1) is 0 Å². The first-order valence-electron chi connectivity index (χ1n) is 11.2. The number of anilines is 1. The minimum absolute atomic E-state index is 0.103. The quantitative estimate of drug-likeness (QED) is 0.313. The number of ether oxygens (including phenoxy) is 1. The van der Waals surface area contributed by atoms with Gasteiger partial charge in [-0.2, -0.15) is 5.10 Å². The molecule has 4 rings (SSSR count). The molecular formula is C26H26N4O4. The van der Waals surface area contributed by atoms with Crippen molar-refractivity contribution in [1.29, 1.82) is 0 Å². The van der Waals surface area contributed by atoms with Crippen molar-refractivity contribution in [1.82, 2.24) is 14.6 Å². The number of carbonyl (C=O) groups excluding carboxylic acids is 3. The smallest absolute Gasteiger partial charge is 0.306 e. The van der Waals surface area contributed by atoms with Crippen LogP contribution in [0.1, 0.15) is 47.1 Å². The number of fused-ring (bicyclic) bond motifs is 3.